The summed E-state index contributed by atoms with van der Waals surface area (Å²) in [5, 5.41) is 18.3. The molecule has 1 aromatic heterocycles. The van der Waals surface area contributed by atoms with Gasteiger partial charge < -0.3 is 24.6 Å². The fraction of sp³-hybridized carbons (Fsp3) is 0.227. The molecule has 2 heterocycles. The summed E-state index contributed by atoms with van der Waals surface area (Å²) in [6.45, 7) is 1.86. The van der Waals surface area contributed by atoms with E-state index >= 15 is 0 Å². The van der Waals surface area contributed by atoms with Crippen molar-refractivity contribution < 1.29 is 24.2 Å². The Morgan fingerprint density at radius 1 is 0.968 bits per heavy atom. The summed E-state index contributed by atoms with van der Waals surface area (Å²) in [5.41, 5.74) is 0.0691. The van der Waals surface area contributed by atoms with E-state index in [1.54, 1.807) is 0 Å². The molecule has 0 bridgehead atoms. The number of halogens is 1. The molecule has 1 aliphatic rings. The predicted octanol–water partition coefficient (Wildman–Crippen LogP) is 2.25. The average molecular weight is 425 g/mol. The van der Waals surface area contributed by atoms with Crippen LogP contribution in [0.25, 0.3) is 10.9 Å². The number of benzene rings is 2. The number of nitrogens with zero attached hydrogens (tertiary/aromatic N) is 3. The SMILES string of the molecule is O=C(O)Cn1cc(C(=O)O)c(=O)c2cc(F)c(N3CCN(c4ccccc4)CC3)cc21. The second kappa shape index (κ2) is 8.10. The van der Waals surface area contributed by atoms with Crippen LogP contribution in [0.5, 0.6) is 0 Å². The number of carboxylic acid groups (broad SMARTS) is 2. The number of aromatic carboxylic acids is 1. The first-order chi connectivity index (χ1) is 14.8. The van der Waals surface area contributed by atoms with Crippen LogP contribution in [0.1, 0.15) is 10.4 Å². The molecule has 0 amide bonds. The number of pyridine rings is 1. The van der Waals surface area contributed by atoms with E-state index in [-0.39, 0.29) is 16.6 Å². The Balaban J connectivity index is 1.72. The molecule has 31 heavy (non-hydrogen) atoms. The van der Waals surface area contributed by atoms with Crippen LogP contribution in [0.4, 0.5) is 15.8 Å². The van der Waals surface area contributed by atoms with Crippen LogP contribution in [0.2, 0.25) is 0 Å². The van der Waals surface area contributed by atoms with Gasteiger partial charge in [-0.05, 0) is 24.3 Å². The van der Waals surface area contributed by atoms with E-state index in [4.69, 9.17) is 0 Å². The van der Waals surface area contributed by atoms with Crippen molar-refractivity contribution in [1.82, 2.24) is 4.57 Å². The zero-order valence-corrected chi connectivity index (χ0v) is 16.5. The monoisotopic (exact) mass is 425 g/mol. The van der Waals surface area contributed by atoms with Crippen LogP contribution >= 0.6 is 0 Å². The number of aliphatic carboxylic acids is 1. The molecule has 0 unspecified atom stereocenters. The zero-order chi connectivity index (χ0) is 22.1. The van der Waals surface area contributed by atoms with Gasteiger partial charge in [-0.15, -0.1) is 0 Å². The van der Waals surface area contributed by atoms with Crippen molar-refractivity contribution >= 4 is 34.2 Å². The van der Waals surface area contributed by atoms with Crippen LogP contribution in [-0.2, 0) is 11.3 Å². The Kier molecular flexibility index (Phi) is 5.33. The largest absolute Gasteiger partial charge is 0.480 e. The van der Waals surface area contributed by atoms with Crippen molar-refractivity contribution in [1.29, 1.82) is 0 Å². The molecule has 160 valence electrons. The van der Waals surface area contributed by atoms with Crippen molar-refractivity contribution in [3.63, 3.8) is 0 Å². The number of para-hydroxylation sites is 1. The van der Waals surface area contributed by atoms with E-state index in [0.29, 0.717) is 26.2 Å². The van der Waals surface area contributed by atoms with Gasteiger partial charge in [0.15, 0.2) is 0 Å². The molecule has 4 rings (SSSR count). The number of carboxylic acids is 2. The molecule has 3 aromatic rings. The van der Waals surface area contributed by atoms with E-state index in [2.05, 4.69) is 4.90 Å². The third-order valence-electron chi connectivity index (χ3n) is 5.43. The maximum atomic E-state index is 15.0. The topological polar surface area (TPSA) is 103 Å². The first-order valence-corrected chi connectivity index (χ1v) is 9.72. The fourth-order valence-electron chi connectivity index (χ4n) is 3.91. The molecule has 0 aliphatic carbocycles. The molecule has 1 aliphatic heterocycles. The van der Waals surface area contributed by atoms with Crippen molar-refractivity contribution in [2.75, 3.05) is 36.0 Å². The minimum Gasteiger partial charge on any atom is -0.480 e. The summed E-state index contributed by atoms with van der Waals surface area (Å²) < 4.78 is 16.1. The van der Waals surface area contributed by atoms with Gasteiger partial charge in [-0.25, -0.2) is 9.18 Å². The summed E-state index contributed by atoms with van der Waals surface area (Å²) in [6.07, 6.45) is 0.996. The van der Waals surface area contributed by atoms with Crippen LogP contribution in [-0.4, -0.2) is 52.9 Å². The summed E-state index contributed by atoms with van der Waals surface area (Å²) in [4.78, 5) is 39.2. The van der Waals surface area contributed by atoms with Gasteiger partial charge in [0.1, 0.15) is 17.9 Å². The molecule has 1 fully saturated rings. The second-order valence-corrected chi connectivity index (χ2v) is 7.33. The third kappa shape index (κ3) is 3.94. The highest BCUT2D eigenvalue weighted by Gasteiger charge is 2.23. The van der Waals surface area contributed by atoms with E-state index in [0.717, 1.165) is 22.5 Å². The molecule has 8 nitrogen and oxygen atoms in total. The number of fused-ring (bicyclic) bond motifs is 1. The Bertz CT molecular complexity index is 1220. The zero-order valence-electron chi connectivity index (χ0n) is 16.5. The van der Waals surface area contributed by atoms with Crippen molar-refractivity contribution in [3.8, 4) is 0 Å². The molecule has 2 aromatic carbocycles. The number of carbonyl (C=O) groups is 2. The highest BCUT2D eigenvalue weighted by molar-refractivity contribution is 5.94. The molecule has 0 atom stereocenters. The summed E-state index contributed by atoms with van der Waals surface area (Å²) in [7, 11) is 0. The Morgan fingerprint density at radius 2 is 1.61 bits per heavy atom. The third-order valence-corrected chi connectivity index (χ3v) is 5.43. The van der Waals surface area contributed by atoms with Gasteiger partial charge in [-0.3, -0.25) is 9.59 Å². The lowest BCUT2D eigenvalue weighted by molar-refractivity contribution is -0.137. The average Bonchev–Trinajstić information content (AvgIpc) is 2.76. The molecule has 0 spiro atoms. The van der Waals surface area contributed by atoms with Crippen molar-refractivity contribution in [2.45, 2.75) is 6.54 Å². The number of anilines is 2. The van der Waals surface area contributed by atoms with Crippen molar-refractivity contribution in [3.05, 3.63) is 70.3 Å². The number of hydrogen-bond acceptors (Lipinski definition) is 5. The lowest BCUT2D eigenvalue weighted by Crippen LogP contribution is -2.46. The predicted molar refractivity (Wildman–Crippen MR) is 114 cm³/mol. The van der Waals surface area contributed by atoms with Gasteiger partial charge in [0.2, 0.25) is 5.43 Å². The van der Waals surface area contributed by atoms with Gasteiger partial charge in [0, 0.05) is 43.4 Å². The van der Waals surface area contributed by atoms with Gasteiger partial charge in [0.25, 0.3) is 0 Å². The maximum Gasteiger partial charge on any atom is 0.341 e. The lowest BCUT2D eigenvalue weighted by Gasteiger charge is -2.37. The molecular formula is C22H20FN3O5. The number of aromatic nitrogens is 1. The van der Waals surface area contributed by atoms with Crippen LogP contribution in [0.15, 0.2) is 53.5 Å². The second-order valence-electron chi connectivity index (χ2n) is 7.33. The molecule has 9 heteroatoms. The Hall–Kier alpha value is -3.88. The quantitative estimate of drug-likeness (QED) is 0.646. The molecule has 1 saturated heterocycles. The fourth-order valence-corrected chi connectivity index (χ4v) is 3.91. The van der Waals surface area contributed by atoms with E-state index in [1.165, 1.54) is 6.07 Å². The van der Waals surface area contributed by atoms with E-state index in [9.17, 15) is 29.0 Å². The molecule has 0 saturated carbocycles. The Morgan fingerprint density at radius 3 is 2.23 bits per heavy atom. The van der Waals surface area contributed by atoms with Gasteiger partial charge in [-0.2, -0.15) is 0 Å². The summed E-state index contributed by atoms with van der Waals surface area (Å²) in [5.74, 6) is -3.35. The standard InChI is InChI=1S/C22H20FN3O5/c23-17-10-15-18(26(13-20(27)28)12-16(21(15)29)22(30)31)11-19(17)25-8-6-24(7-9-25)14-4-2-1-3-5-14/h1-5,10-12H,6-9,13H2,(H,27,28)(H,30,31). The Labute approximate surface area is 176 Å². The van der Waals surface area contributed by atoms with Gasteiger partial charge >= 0.3 is 11.9 Å². The molecule has 2 N–H and O–H groups in total. The normalized spacial score (nSPS) is 14.1. The van der Waals surface area contributed by atoms with E-state index in [1.807, 2.05) is 35.2 Å². The minimum absolute atomic E-state index is 0.162. The number of rotatable bonds is 5. The summed E-state index contributed by atoms with van der Waals surface area (Å²) >= 11 is 0. The smallest absolute Gasteiger partial charge is 0.341 e. The van der Waals surface area contributed by atoms with Gasteiger partial charge in [-0.1, -0.05) is 18.2 Å². The highest BCUT2D eigenvalue weighted by Crippen LogP contribution is 2.27. The molecular weight excluding hydrogens is 405 g/mol. The van der Waals surface area contributed by atoms with Crippen molar-refractivity contribution in [2.24, 2.45) is 0 Å². The van der Waals surface area contributed by atoms with Crippen LogP contribution in [0.3, 0.4) is 0 Å². The summed E-state index contributed by atoms with van der Waals surface area (Å²) in [6, 6.07) is 12.3. The van der Waals surface area contributed by atoms with Gasteiger partial charge in [0.05, 0.1) is 11.2 Å². The van der Waals surface area contributed by atoms with E-state index < -0.39 is 35.3 Å². The minimum atomic E-state index is -1.49. The first-order valence-electron chi connectivity index (χ1n) is 9.72. The molecule has 0 radical (unpaired) electrons. The number of piperazine rings is 1. The first kappa shape index (κ1) is 20.4. The highest BCUT2D eigenvalue weighted by atomic mass is 19.1. The maximum absolute atomic E-state index is 15.0. The lowest BCUT2D eigenvalue weighted by atomic mass is 10.1. The number of hydrogen-bond donors (Lipinski definition) is 2. The van der Waals surface area contributed by atoms with Crippen LogP contribution < -0.4 is 15.2 Å². The van der Waals surface area contributed by atoms with Crippen LogP contribution in [0, 0.1) is 5.82 Å².